The fourth-order valence-corrected chi connectivity index (χ4v) is 2.17. The van der Waals surface area contributed by atoms with Crippen LogP contribution >= 0.6 is 11.6 Å². The minimum Gasteiger partial charge on any atom is -0.398 e. The third kappa shape index (κ3) is 1.77. The Morgan fingerprint density at radius 2 is 1.82 bits per heavy atom. The number of para-hydroxylation sites is 1. The summed E-state index contributed by atoms with van der Waals surface area (Å²) in [6, 6.07) is 15.7. The highest BCUT2D eigenvalue weighted by Gasteiger charge is 2.05. The van der Waals surface area contributed by atoms with Crippen LogP contribution in [0.25, 0.3) is 22.2 Å². The number of halogens is 1. The van der Waals surface area contributed by atoms with E-state index in [0.29, 0.717) is 0 Å². The van der Waals surface area contributed by atoms with Crippen molar-refractivity contribution in [2.45, 2.75) is 0 Å². The summed E-state index contributed by atoms with van der Waals surface area (Å²) in [4.78, 5) is 3.34. The molecule has 2 nitrogen and oxygen atoms in total. The van der Waals surface area contributed by atoms with Gasteiger partial charge in [-0.1, -0.05) is 29.8 Å². The highest BCUT2D eigenvalue weighted by Crippen LogP contribution is 2.29. The van der Waals surface area contributed by atoms with Crippen molar-refractivity contribution in [1.82, 2.24) is 4.98 Å². The average Bonchev–Trinajstić information content (AvgIpc) is 2.72. The zero-order valence-electron chi connectivity index (χ0n) is 9.07. The monoisotopic (exact) mass is 242 g/mol. The molecule has 0 unspecified atom stereocenters. The molecule has 0 bridgehead atoms. The second-order valence-electron chi connectivity index (χ2n) is 4.00. The standard InChI is InChI=1S/C14H11ClN2/c15-10-5-6-13-9(7-10)8-14(17-13)11-3-1-2-4-12(11)16/h1-8,17H,16H2. The summed E-state index contributed by atoms with van der Waals surface area (Å²) in [6.07, 6.45) is 0. The van der Waals surface area contributed by atoms with Gasteiger partial charge in [0.1, 0.15) is 0 Å². The van der Waals surface area contributed by atoms with Crippen molar-refractivity contribution in [3.05, 3.63) is 53.6 Å². The van der Waals surface area contributed by atoms with Gasteiger partial charge in [-0.05, 0) is 30.3 Å². The summed E-state index contributed by atoms with van der Waals surface area (Å²) < 4.78 is 0. The Kier molecular flexibility index (Phi) is 2.30. The number of nitrogens with one attached hydrogen (secondary N) is 1. The van der Waals surface area contributed by atoms with Gasteiger partial charge >= 0.3 is 0 Å². The molecule has 3 aromatic rings. The Balaban J connectivity index is 2.22. The van der Waals surface area contributed by atoms with Gasteiger partial charge < -0.3 is 10.7 Å². The lowest BCUT2D eigenvalue weighted by Crippen LogP contribution is -1.88. The number of hydrogen-bond acceptors (Lipinski definition) is 1. The molecule has 1 aromatic heterocycles. The highest BCUT2D eigenvalue weighted by atomic mass is 35.5. The molecule has 0 amide bonds. The van der Waals surface area contributed by atoms with Crippen LogP contribution in [0.15, 0.2) is 48.5 Å². The van der Waals surface area contributed by atoms with E-state index in [0.717, 1.165) is 32.9 Å². The van der Waals surface area contributed by atoms with Crippen LogP contribution in [-0.4, -0.2) is 4.98 Å². The van der Waals surface area contributed by atoms with Crippen LogP contribution in [0.3, 0.4) is 0 Å². The molecule has 3 heteroatoms. The van der Waals surface area contributed by atoms with Gasteiger partial charge in [0.05, 0.1) is 0 Å². The molecule has 0 atom stereocenters. The van der Waals surface area contributed by atoms with E-state index >= 15 is 0 Å². The Hall–Kier alpha value is -1.93. The molecular weight excluding hydrogens is 232 g/mol. The third-order valence-corrected chi connectivity index (χ3v) is 3.07. The zero-order chi connectivity index (χ0) is 11.8. The van der Waals surface area contributed by atoms with Crippen molar-refractivity contribution in [2.75, 3.05) is 5.73 Å². The number of benzene rings is 2. The number of rotatable bonds is 1. The summed E-state index contributed by atoms with van der Waals surface area (Å²) in [5, 5.41) is 1.83. The minimum atomic E-state index is 0.740. The van der Waals surface area contributed by atoms with E-state index in [1.807, 2.05) is 42.5 Å². The Labute approximate surface area is 104 Å². The Morgan fingerprint density at radius 1 is 1.00 bits per heavy atom. The SMILES string of the molecule is Nc1ccccc1-c1cc2cc(Cl)ccc2[nH]1. The molecule has 0 aliphatic carbocycles. The van der Waals surface area contributed by atoms with Gasteiger partial charge in [-0.3, -0.25) is 0 Å². The molecule has 2 aromatic carbocycles. The number of nitrogens with two attached hydrogens (primary N) is 1. The molecule has 84 valence electrons. The number of hydrogen-bond donors (Lipinski definition) is 2. The van der Waals surface area contributed by atoms with Crippen molar-refractivity contribution in [1.29, 1.82) is 0 Å². The molecule has 3 rings (SSSR count). The first kappa shape index (κ1) is 10.2. The normalized spacial score (nSPS) is 10.9. The second-order valence-corrected chi connectivity index (χ2v) is 4.44. The first-order valence-corrected chi connectivity index (χ1v) is 5.75. The smallest absolute Gasteiger partial charge is 0.0485 e. The number of nitrogen functional groups attached to an aromatic ring is 1. The predicted octanol–water partition coefficient (Wildman–Crippen LogP) is 4.07. The quantitative estimate of drug-likeness (QED) is 0.621. The molecule has 1 heterocycles. The number of H-pyrrole nitrogens is 1. The lowest BCUT2D eigenvalue weighted by molar-refractivity contribution is 1.45. The maximum absolute atomic E-state index is 5.97. The van der Waals surface area contributed by atoms with Crippen LogP contribution in [0.1, 0.15) is 0 Å². The van der Waals surface area contributed by atoms with Gasteiger partial charge in [-0.2, -0.15) is 0 Å². The van der Waals surface area contributed by atoms with Crippen LogP contribution < -0.4 is 5.73 Å². The first-order valence-electron chi connectivity index (χ1n) is 5.37. The number of aromatic nitrogens is 1. The lowest BCUT2D eigenvalue weighted by Gasteiger charge is -2.01. The Bertz CT molecular complexity index is 686. The molecule has 0 saturated heterocycles. The molecule has 0 aliphatic rings. The zero-order valence-corrected chi connectivity index (χ0v) is 9.83. The fraction of sp³-hybridized carbons (Fsp3) is 0. The number of aromatic amines is 1. The van der Waals surface area contributed by atoms with Crippen molar-refractivity contribution >= 4 is 28.2 Å². The minimum absolute atomic E-state index is 0.740. The highest BCUT2D eigenvalue weighted by molar-refractivity contribution is 6.31. The topological polar surface area (TPSA) is 41.8 Å². The fourth-order valence-electron chi connectivity index (χ4n) is 1.99. The van der Waals surface area contributed by atoms with Crippen molar-refractivity contribution in [3.63, 3.8) is 0 Å². The maximum Gasteiger partial charge on any atom is 0.0485 e. The van der Waals surface area contributed by atoms with Crippen LogP contribution in [0.4, 0.5) is 5.69 Å². The van der Waals surface area contributed by atoms with E-state index in [2.05, 4.69) is 11.1 Å². The predicted molar refractivity (Wildman–Crippen MR) is 73.2 cm³/mol. The summed E-state index contributed by atoms with van der Waals surface area (Å²) >= 11 is 5.97. The maximum atomic E-state index is 5.97. The molecule has 17 heavy (non-hydrogen) atoms. The van der Waals surface area contributed by atoms with Crippen molar-refractivity contribution in [3.8, 4) is 11.3 Å². The molecule has 0 spiro atoms. The van der Waals surface area contributed by atoms with E-state index in [4.69, 9.17) is 17.3 Å². The van der Waals surface area contributed by atoms with Gasteiger partial charge in [0.25, 0.3) is 0 Å². The van der Waals surface area contributed by atoms with E-state index in [1.54, 1.807) is 0 Å². The number of anilines is 1. The van der Waals surface area contributed by atoms with E-state index in [9.17, 15) is 0 Å². The Morgan fingerprint density at radius 3 is 2.65 bits per heavy atom. The van der Waals surface area contributed by atoms with E-state index < -0.39 is 0 Å². The van der Waals surface area contributed by atoms with E-state index in [-0.39, 0.29) is 0 Å². The van der Waals surface area contributed by atoms with Crippen molar-refractivity contribution < 1.29 is 0 Å². The molecule has 3 N–H and O–H groups in total. The largest absolute Gasteiger partial charge is 0.398 e. The van der Waals surface area contributed by atoms with Crippen molar-refractivity contribution in [2.24, 2.45) is 0 Å². The molecule has 0 aliphatic heterocycles. The average molecular weight is 243 g/mol. The first-order chi connectivity index (χ1) is 8.24. The molecule has 0 radical (unpaired) electrons. The summed E-state index contributed by atoms with van der Waals surface area (Å²) in [5.41, 5.74) is 9.82. The molecule has 0 saturated carbocycles. The van der Waals surface area contributed by atoms with Crippen LogP contribution in [0.2, 0.25) is 5.02 Å². The second kappa shape index (κ2) is 3.82. The lowest BCUT2D eigenvalue weighted by atomic mass is 10.1. The summed E-state index contributed by atoms with van der Waals surface area (Å²) in [6.45, 7) is 0. The van der Waals surface area contributed by atoms with Crippen LogP contribution in [-0.2, 0) is 0 Å². The van der Waals surface area contributed by atoms with Crippen LogP contribution in [0.5, 0.6) is 0 Å². The molecule has 0 fully saturated rings. The molecular formula is C14H11ClN2. The van der Waals surface area contributed by atoms with E-state index in [1.165, 1.54) is 0 Å². The van der Waals surface area contributed by atoms with Crippen LogP contribution in [0, 0.1) is 0 Å². The van der Waals surface area contributed by atoms with Gasteiger partial charge in [0.2, 0.25) is 0 Å². The third-order valence-electron chi connectivity index (χ3n) is 2.83. The number of fused-ring (bicyclic) bond motifs is 1. The summed E-state index contributed by atoms with van der Waals surface area (Å²) in [5.74, 6) is 0. The van der Waals surface area contributed by atoms with Gasteiger partial charge in [-0.15, -0.1) is 0 Å². The summed E-state index contributed by atoms with van der Waals surface area (Å²) in [7, 11) is 0. The van der Waals surface area contributed by atoms with Gasteiger partial charge in [0, 0.05) is 32.9 Å². The van der Waals surface area contributed by atoms with Gasteiger partial charge in [0.15, 0.2) is 0 Å². The van der Waals surface area contributed by atoms with Gasteiger partial charge in [-0.25, -0.2) is 0 Å².